The van der Waals surface area contributed by atoms with E-state index >= 15 is 0 Å². The van der Waals surface area contributed by atoms with E-state index < -0.39 is 0 Å². The van der Waals surface area contributed by atoms with Crippen molar-refractivity contribution in [2.24, 2.45) is 9.98 Å². The SMILES string of the molecule is CC[CH-]N=CCCC.CC[CH-]N=CCCC.C[PH+](C)C.C[PH+](C)C.[Fe+2]. The second-order valence-corrected chi connectivity index (χ2v) is 12.4. The molecular weight excluding hydrogens is 386 g/mol. The minimum absolute atomic E-state index is 0. The first-order valence-electron chi connectivity index (χ1n) is 9.49. The Hall–Kier alpha value is 0.459. The first-order chi connectivity index (χ1) is 11.3. The van der Waals surface area contributed by atoms with Crippen LogP contribution in [0.25, 0.3) is 0 Å². The maximum atomic E-state index is 4.03. The second kappa shape index (κ2) is 39.5. The molecule has 0 aliphatic rings. The predicted molar refractivity (Wildman–Crippen MR) is 128 cm³/mol. The molecule has 25 heavy (non-hydrogen) atoms. The fourth-order valence-electron chi connectivity index (χ4n) is 0.767. The summed E-state index contributed by atoms with van der Waals surface area (Å²) >= 11 is 0. The molecule has 0 saturated carbocycles. The van der Waals surface area contributed by atoms with Crippen molar-refractivity contribution in [2.75, 3.05) is 40.0 Å². The van der Waals surface area contributed by atoms with Gasteiger partial charge in [-0.25, -0.2) is 0 Å². The van der Waals surface area contributed by atoms with E-state index in [1.807, 2.05) is 25.5 Å². The van der Waals surface area contributed by atoms with E-state index in [1.54, 1.807) is 0 Å². The Morgan fingerprint density at radius 3 is 1.04 bits per heavy atom. The van der Waals surface area contributed by atoms with Crippen molar-refractivity contribution in [2.45, 2.75) is 66.2 Å². The summed E-state index contributed by atoms with van der Waals surface area (Å²) in [6.45, 7) is 25.9. The van der Waals surface area contributed by atoms with E-state index in [0.29, 0.717) is 0 Å². The smallest absolute Gasteiger partial charge is 0.458 e. The molecule has 0 unspecified atom stereocenters. The van der Waals surface area contributed by atoms with E-state index in [9.17, 15) is 0 Å². The molecular formula is C20H48FeN2P2+2. The van der Waals surface area contributed by atoms with Gasteiger partial charge in [-0.1, -0.05) is 66.2 Å². The number of unbranched alkanes of at least 4 members (excludes halogenated alkanes) is 2. The van der Waals surface area contributed by atoms with Gasteiger partial charge in [-0.3, -0.25) is 0 Å². The van der Waals surface area contributed by atoms with Gasteiger partial charge in [0.1, 0.15) is 0 Å². The first kappa shape index (κ1) is 36.4. The third-order valence-electron chi connectivity index (χ3n) is 1.62. The summed E-state index contributed by atoms with van der Waals surface area (Å²) in [5.41, 5.74) is 0. The fourth-order valence-corrected chi connectivity index (χ4v) is 0.767. The Morgan fingerprint density at radius 1 is 0.640 bits per heavy atom. The van der Waals surface area contributed by atoms with Gasteiger partial charge in [0.2, 0.25) is 0 Å². The standard InChI is InChI=1S/2C7H14N.2C3H9P.Fe/c2*1-3-5-7-8-6-4-2;2*1-4(2)3;/h2*6-7H,3-5H2,1-2H3;2*1-3H3;/q2*-1;;;+2/p+2. The van der Waals surface area contributed by atoms with Gasteiger partial charge in [-0.05, 0) is 15.8 Å². The fraction of sp³-hybridized carbons (Fsp3) is 0.800. The topological polar surface area (TPSA) is 24.7 Å². The molecule has 0 aliphatic heterocycles. The van der Waals surface area contributed by atoms with Crippen molar-refractivity contribution < 1.29 is 17.1 Å². The Labute approximate surface area is 174 Å². The molecule has 0 amide bonds. The van der Waals surface area contributed by atoms with Crippen LogP contribution in [0.5, 0.6) is 0 Å². The summed E-state index contributed by atoms with van der Waals surface area (Å²) in [6.07, 6.45) is 10.6. The molecule has 0 radical (unpaired) electrons. The molecule has 0 fully saturated rings. The van der Waals surface area contributed by atoms with Gasteiger partial charge in [0.05, 0.1) is 0 Å². The van der Waals surface area contributed by atoms with E-state index in [1.165, 1.54) is 12.8 Å². The monoisotopic (exact) mass is 434 g/mol. The summed E-state index contributed by atoms with van der Waals surface area (Å²) in [4.78, 5) is 8.06. The van der Waals surface area contributed by atoms with Gasteiger partial charge < -0.3 is 9.98 Å². The quantitative estimate of drug-likeness (QED) is 0.170. The van der Waals surface area contributed by atoms with Crippen molar-refractivity contribution in [1.29, 1.82) is 0 Å². The van der Waals surface area contributed by atoms with Crippen molar-refractivity contribution in [3.8, 4) is 0 Å². The molecule has 0 rings (SSSR count). The zero-order valence-corrected chi connectivity index (χ0v) is 21.9. The Kier molecular flexibility index (Phi) is 57.5. The van der Waals surface area contributed by atoms with Crippen molar-refractivity contribution in [1.82, 2.24) is 0 Å². The number of nitrogens with zero attached hydrogens (tertiary/aromatic N) is 2. The van der Waals surface area contributed by atoms with E-state index in [4.69, 9.17) is 0 Å². The molecule has 0 saturated heterocycles. The van der Waals surface area contributed by atoms with Gasteiger partial charge in [0.15, 0.2) is 0 Å². The summed E-state index contributed by atoms with van der Waals surface area (Å²) in [5, 5.41) is 0. The first-order valence-corrected chi connectivity index (χ1v) is 15.5. The van der Waals surface area contributed by atoms with Crippen LogP contribution in [0.2, 0.25) is 0 Å². The number of rotatable bonds is 8. The van der Waals surface area contributed by atoms with Crippen LogP contribution >= 0.6 is 15.8 Å². The van der Waals surface area contributed by atoms with E-state index in [0.717, 1.165) is 25.7 Å². The van der Waals surface area contributed by atoms with Crippen LogP contribution < -0.4 is 0 Å². The third-order valence-corrected chi connectivity index (χ3v) is 1.62. The van der Waals surface area contributed by atoms with Gasteiger partial charge in [0.25, 0.3) is 0 Å². The number of aliphatic imine (C=N–C) groups is 2. The Balaban J connectivity index is -0.0000000739. The molecule has 0 aromatic heterocycles. The zero-order chi connectivity index (χ0) is 19.6. The minimum atomic E-state index is 0. The van der Waals surface area contributed by atoms with Crippen molar-refractivity contribution in [3.63, 3.8) is 0 Å². The molecule has 0 N–H and O–H groups in total. The van der Waals surface area contributed by atoms with Crippen molar-refractivity contribution >= 4 is 28.3 Å². The zero-order valence-electron chi connectivity index (χ0n) is 18.8. The van der Waals surface area contributed by atoms with Crippen molar-refractivity contribution in [3.05, 3.63) is 13.1 Å². The minimum Gasteiger partial charge on any atom is -0.458 e. The van der Waals surface area contributed by atoms with E-state index in [2.05, 4.69) is 77.7 Å². The maximum Gasteiger partial charge on any atom is 2.00 e. The Morgan fingerprint density at radius 2 is 0.880 bits per heavy atom. The second-order valence-electron chi connectivity index (χ2n) is 6.42. The van der Waals surface area contributed by atoms with E-state index in [-0.39, 0.29) is 32.9 Å². The molecule has 0 bridgehead atoms. The van der Waals surface area contributed by atoms with Gasteiger partial charge >= 0.3 is 17.1 Å². The van der Waals surface area contributed by atoms with Crippen LogP contribution in [0, 0.1) is 13.1 Å². The third kappa shape index (κ3) is 113. The van der Waals surface area contributed by atoms with Gasteiger partial charge in [0, 0.05) is 40.0 Å². The molecule has 0 heterocycles. The van der Waals surface area contributed by atoms with Gasteiger partial charge in [-0.2, -0.15) is 0 Å². The van der Waals surface area contributed by atoms with Crippen LogP contribution in [0.4, 0.5) is 0 Å². The Bertz CT molecular complexity index is 188. The average molecular weight is 434 g/mol. The summed E-state index contributed by atoms with van der Waals surface area (Å²) in [6, 6.07) is 0. The average Bonchev–Trinajstić information content (AvgIpc) is 2.48. The summed E-state index contributed by atoms with van der Waals surface area (Å²) in [7, 11) is 0.241. The largest absolute Gasteiger partial charge is 2.00 e. The molecule has 0 aromatic carbocycles. The normalized spacial score (nSPS) is 9.44. The van der Waals surface area contributed by atoms with Crippen LogP contribution in [-0.4, -0.2) is 52.4 Å². The van der Waals surface area contributed by atoms with Crippen LogP contribution in [-0.2, 0) is 17.1 Å². The predicted octanol–water partition coefficient (Wildman–Crippen LogP) is 7.04. The molecule has 5 heteroatoms. The molecule has 0 spiro atoms. The summed E-state index contributed by atoms with van der Waals surface area (Å²) in [5.74, 6) is 0. The maximum absolute atomic E-state index is 4.03. The number of hydrogen-bond donors (Lipinski definition) is 0. The van der Waals surface area contributed by atoms with Crippen LogP contribution in [0.3, 0.4) is 0 Å². The molecule has 0 aliphatic carbocycles. The van der Waals surface area contributed by atoms with Gasteiger partial charge in [-0.15, -0.1) is 25.5 Å². The van der Waals surface area contributed by atoms with Crippen LogP contribution in [0.15, 0.2) is 9.98 Å². The molecule has 154 valence electrons. The molecule has 0 aromatic rings. The summed E-state index contributed by atoms with van der Waals surface area (Å²) < 4.78 is 0. The molecule has 2 nitrogen and oxygen atoms in total. The number of hydrogen-bond acceptors (Lipinski definition) is 2. The van der Waals surface area contributed by atoms with Crippen LogP contribution in [0.1, 0.15) is 66.2 Å². The molecule has 0 atom stereocenters.